The van der Waals surface area contributed by atoms with Crippen molar-refractivity contribution in [1.82, 2.24) is 0 Å². The topological polar surface area (TPSA) is 56.5 Å². The summed E-state index contributed by atoms with van der Waals surface area (Å²) in [5.74, 6) is -0.164. The zero-order chi connectivity index (χ0) is 18.3. The zero-order valence-electron chi connectivity index (χ0n) is 13.8. The highest BCUT2D eigenvalue weighted by atomic mass is 35.5. The van der Waals surface area contributed by atoms with Gasteiger partial charge in [0.05, 0.1) is 10.9 Å². The molecule has 0 unspecified atom stereocenters. The van der Waals surface area contributed by atoms with Gasteiger partial charge in [0.1, 0.15) is 11.3 Å². The number of hydrogen-bond donors (Lipinski definition) is 0. The number of esters is 1. The molecule has 4 rings (SSSR count). The summed E-state index contributed by atoms with van der Waals surface area (Å²) in [4.78, 5) is 24.6. The predicted octanol–water partition coefficient (Wildman–Crippen LogP) is 5.13. The van der Waals surface area contributed by atoms with Crippen molar-refractivity contribution in [1.29, 1.82) is 0 Å². The summed E-state index contributed by atoms with van der Waals surface area (Å²) in [5.41, 5.74) is 0.967. The SMILES string of the molecule is Cc1c(OC(=O)c2ccc(Cl)cc2)ccc2c1oc(=O)c1ccccc12. The standard InChI is InChI=1S/C21H13ClO4/c1-12-18(25-20(23)13-6-8-14(22)9-7-13)11-10-16-15-4-2-3-5-17(15)21(24)26-19(12)16/h2-11H,1H3. The van der Waals surface area contributed by atoms with Gasteiger partial charge in [-0.1, -0.05) is 29.8 Å². The molecule has 128 valence electrons. The fraction of sp³-hybridized carbons (Fsp3) is 0.0476. The van der Waals surface area contributed by atoms with Crippen LogP contribution in [0, 0.1) is 6.92 Å². The molecule has 0 aliphatic rings. The van der Waals surface area contributed by atoms with Crippen LogP contribution in [0.1, 0.15) is 15.9 Å². The highest BCUT2D eigenvalue weighted by Crippen LogP contribution is 2.31. The number of aryl methyl sites for hydroxylation is 1. The second kappa shape index (κ2) is 6.32. The lowest BCUT2D eigenvalue weighted by Gasteiger charge is -2.10. The van der Waals surface area contributed by atoms with Crippen LogP contribution in [0.5, 0.6) is 5.75 Å². The molecule has 0 aliphatic heterocycles. The number of halogens is 1. The minimum Gasteiger partial charge on any atom is -0.423 e. The van der Waals surface area contributed by atoms with E-state index >= 15 is 0 Å². The van der Waals surface area contributed by atoms with Gasteiger partial charge in [-0.05, 0) is 54.8 Å². The zero-order valence-corrected chi connectivity index (χ0v) is 14.5. The fourth-order valence-electron chi connectivity index (χ4n) is 2.92. The van der Waals surface area contributed by atoms with Crippen LogP contribution in [-0.4, -0.2) is 5.97 Å². The molecule has 1 heterocycles. The van der Waals surface area contributed by atoms with Crippen LogP contribution in [0.25, 0.3) is 21.7 Å². The number of benzene rings is 3. The number of carbonyl (C=O) groups excluding carboxylic acids is 1. The van der Waals surface area contributed by atoms with Crippen LogP contribution in [0.2, 0.25) is 5.02 Å². The van der Waals surface area contributed by atoms with E-state index < -0.39 is 11.6 Å². The molecule has 5 heteroatoms. The van der Waals surface area contributed by atoms with Crippen molar-refractivity contribution in [2.45, 2.75) is 6.92 Å². The van der Waals surface area contributed by atoms with Crippen LogP contribution in [0.3, 0.4) is 0 Å². The molecule has 4 aromatic rings. The van der Waals surface area contributed by atoms with Crippen molar-refractivity contribution < 1.29 is 13.9 Å². The first-order valence-corrected chi connectivity index (χ1v) is 8.35. The number of carbonyl (C=O) groups is 1. The van der Waals surface area contributed by atoms with E-state index in [1.54, 1.807) is 55.5 Å². The third-order valence-electron chi connectivity index (χ3n) is 4.27. The Bertz CT molecular complexity index is 1210. The Morgan fingerprint density at radius 3 is 2.35 bits per heavy atom. The molecule has 0 spiro atoms. The van der Waals surface area contributed by atoms with Crippen LogP contribution >= 0.6 is 11.6 Å². The highest BCUT2D eigenvalue weighted by Gasteiger charge is 2.15. The molecule has 0 fully saturated rings. The quantitative estimate of drug-likeness (QED) is 0.214. The number of hydrogen-bond acceptors (Lipinski definition) is 4. The largest absolute Gasteiger partial charge is 0.423 e. The summed E-state index contributed by atoms with van der Waals surface area (Å²) >= 11 is 5.84. The molecule has 0 saturated carbocycles. The second-order valence-corrected chi connectivity index (χ2v) is 6.33. The number of fused-ring (bicyclic) bond motifs is 3. The van der Waals surface area contributed by atoms with Crippen LogP contribution in [-0.2, 0) is 0 Å². The molecule has 0 N–H and O–H groups in total. The third kappa shape index (κ3) is 2.74. The fourth-order valence-corrected chi connectivity index (χ4v) is 3.04. The molecule has 3 aromatic carbocycles. The van der Waals surface area contributed by atoms with Crippen molar-refractivity contribution in [3.63, 3.8) is 0 Å². The molecule has 0 aliphatic carbocycles. The van der Waals surface area contributed by atoms with Gasteiger partial charge in [0, 0.05) is 16.0 Å². The van der Waals surface area contributed by atoms with E-state index in [4.69, 9.17) is 20.8 Å². The van der Waals surface area contributed by atoms with Gasteiger partial charge < -0.3 is 9.15 Å². The van der Waals surface area contributed by atoms with Crippen molar-refractivity contribution in [2.24, 2.45) is 0 Å². The summed E-state index contributed by atoms with van der Waals surface area (Å²) in [7, 11) is 0. The minimum atomic E-state index is -0.507. The molecular formula is C21H13ClO4. The first-order valence-electron chi connectivity index (χ1n) is 7.97. The average Bonchev–Trinajstić information content (AvgIpc) is 2.65. The molecule has 0 radical (unpaired) electrons. The summed E-state index contributed by atoms with van der Waals surface area (Å²) in [6, 6.07) is 17.2. The van der Waals surface area contributed by atoms with E-state index in [0.717, 1.165) is 10.8 Å². The van der Waals surface area contributed by atoms with E-state index in [2.05, 4.69) is 0 Å². The summed E-state index contributed by atoms with van der Waals surface area (Å²) in [5, 5.41) is 2.66. The van der Waals surface area contributed by atoms with E-state index in [-0.39, 0.29) is 0 Å². The van der Waals surface area contributed by atoms with Gasteiger partial charge in [0.25, 0.3) is 0 Å². The Hall–Kier alpha value is -3.11. The summed E-state index contributed by atoms with van der Waals surface area (Å²) in [6.45, 7) is 1.75. The number of rotatable bonds is 2. The lowest BCUT2D eigenvalue weighted by atomic mass is 10.0. The van der Waals surface area contributed by atoms with Gasteiger partial charge in [0.15, 0.2) is 0 Å². The maximum Gasteiger partial charge on any atom is 0.344 e. The molecular weight excluding hydrogens is 352 g/mol. The van der Waals surface area contributed by atoms with Gasteiger partial charge >= 0.3 is 11.6 Å². The summed E-state index contributed by atoms with van der Waals surface area (Å²) < 4.78 is 11.0. The second-order valence-electron chi connectivity index (χ2n) is 5.90. The molecule has 0 atom stereocenters. The Morgan fingerprint density at radius 1 is 0.923 bits per heavy atom. The summed E-state index contributed by atoms with van der Waals surface area (Å²) in [6.07, 6.45) is 0. The minimum absolute atomic E-state index is 0.343. The Balaban J connectivity index is 1.81. The first kappa shape index (κ1) is 16.4. The van der Waals surface area contributed by atoms with Gasteiger partial charge in [-0.25, -0.2) is 9.59 Å². The highest BCUT2D eigenvalue weighted by molar-refractivity contribution is 6.30. The maximum absolute atomic E-state index is 12.3. The Morgan fingerprint density at radius 2 is 1.62 bits per heavy atom. The lowest BCUT2D eigenvalue weighted by Crippen LogP contribution is -2.09. The molecule has 26 heavy (non-hydrogen) atoms. The third-order valence-corrected chi connectivity index (χ3v) is 4.52. The average molecular weight is 365 g/mol. The van der Waals surface area contributed by atoms with Crippen LogP contribution < -0.4 is 10.4 Å². The monoisotopic (exact) mass is 364 g/mol. The molecule has 4 nitrogen and oxygen atoms in total. The molecule has 0 bridgehead atoms. The molecule has 1 aromatic heterocycles. The Kier molecular flexibility index (Phi) is 3.98. The van der Waals surface area contributed by atoms with E-state index in [1.165, 1.54) is 0 Å². The number of ether oxygens (including phenoxy) is 1. The van der Waals surface area contributed by atoms with Crippen LogP contribution in [0.4, 0.5) is 0 Å². The van der Waals surface area contributed by atoms with Crippen molar-refractivity contribution in [3.8, 4) is 5.75 Å². The van der Waals surface area contributed by atoms with E-state index in [1.807, 2.05) is 12.1 Å². The van der Waals surface area contributed by atoms with Crippen molar-refractivity contribution >= 4 is 39.3 Å². The van der Waals surface area contributed by atoms with Gasteiger partial charge in [-0.3, -0.25) is 0 Å². The van der Waals surface area contributed by atoms with Crippen LogP contribution in [0.15, 0.2) is 69.9 Å². The van der Waals surface area contributed by atoms with E-state index in [9.17, 15) is 9.59 Å². The first-order chi connectivity index (χ1) is 12.5. The Labute approximate surface area is 153 Å². The van der Waals surface area contributed by atoms with Crippen molar-refractivity contribution in [3.05, 3.63) is 87.2 Å². The predicted molar refractivity (Wildman–Crippen MR) is 101 cm³/mol. The van der Waals surface area contributed by atoms with Gasteiger partial charge in [-0.15, -0.1) is 0 Å². The lowest BCUT2D eigenvalue weighted by molar-refractivity contribution is 0.0733. The molecule has 0 amide bonds. The van der Waals surface area contributed by atoms with Crippen molar-refractivity contribution in [2.75, 3.05) is 0 Å². The maximum atomic E-state index is 12.3. The normalized spacial score (nSPS) is 11.0. The van der Waals surface area contributed by atoms with Gasteiger partial charge in [0.2, 0.25) is 0 Å². The smallest absolute Gasteiger partial charge is 0.344 e. The molecule has 0 saturated heterocycles. The van der Waals surface area contributed by atoms with E-state index in [0.29, 0.717) is 32.9 Å². The van der Waals surface area contributed by atoms with Gasteiger partial charge in [-0.2, -0.15) is 0 Å².